The average molecular weight is 390 g/mol. The van der Waals surface area contributed by atoms with Gasteiger partial charge in [0.15, 0.2) is 0 Å². The molecule has 146 valence electrons. The Morgan fingerprint density at radius 2 is 1.81 bits per heavy atom. The second kappa shape index (κ2) is 6.84. The highest BCUT2D eigenvalue weighted by Crippen LogP contribution is 2.41. The van der Waals surface area contributed by atoms with E-state index in [0.717, 1.165) is 22.4 Å². The minimum absolute atomic E-state index is 0.277. The van der Waals surface area contributed by atoms with Crippen molar-refractivity contribution in [2.75, 3.05) is 7.11 Å². The fraction of sp³-hybridized carbons (Fsp3) is 0.429. The third-order valence-electron chi connectivity index (χ3n) is 5.12. The molecule has 2 aromatic rings. The van der Waals surface area contributed by atoms with Crippen molar-refractivity contribution in [2.24, 2.45) is 0 Å². The lowest BCUT2D eigenvalue weighted by Crippen LogP contribution is -2.41. The van der Waals surface area contributed by atoms with E-state index in [1.807, 2.05) is 45.9 Å². The molecule has 3 rings (SSSR count). The van der Waals surface area contributed by atoms with Gasteiger partial charge in [-0.25, -0.2) is 13.1 Å². The number of nitrogens with one attached hydrogen (secondary N) is 1. The van der Waals surface area contributed by atoms with E-state index in [1.54, 1.807) is 26.2 Å². The van der Waals surface area contributed by atoms with Gasteiger partial charge >= 0.3 is 0 Å². The second-order valence-corrected chi connectivity index (χ2v) is 9.48. The highest BCUT2D eigenvalue weighted by atomic mass is 32.2. The lowest BCUT2D eigenvalue weighted by molar-refractivity contribution is 0.0701. The van der Waals surface area contributed by atoms with Gasteiger partial charge in [-0.3, -0.25) is 0 Å². The average Bonchev–Trinajstić information content (AvgIpc) is 2.55. The highest BCUT2D eigenvalue weighted by molar-refractivity contribution is 7.89. The predicted octanol–water partition coefficient (Wildman–Crippen LogP) is 4.20. The third-order valence-corrected chi connectivity index (χ3v) is 6.74. The monoisotopic (exact) mass is 389 g/mol. The smallest absolute Gasteiger partial charge is 0.241 e. The Hall–Kier alpha value is -2.05. The molecule has 1 heterocycles. The molecule has 0 aliphatic carbocycles. The van der Waals surface area contributed by atoms with Crippen LogP contribution in [-0.2, 0) is 10.0 Å². The molecule has 1 aliphatic rings. The largest absolute Gasteiger partial charge is 0.496 e. The van der Waals surface area contributed by atoms with E-state index < -0.39 is 15.6 Å². The Labute approximate surface area is 161 Å². The summed E-state index contributed by atoms with van der Waals surface area (Å²) in [4.78, 5) is 0.277. The van der Waals surface area contributed by atoms with Crippen molar-refractivity contribution in [3.05, 3.63) is 52.6 Å². The number of benzene rings is 2. The quantitative estimate of drug-likeness (QED) is 0.851. The molecule has 0 spiro atoms. The zero-order chi connectivity index (χ0) is 20.0. The van der Waals surface area contributed by atoms with Gasteiger partial charge in [-0.05, 0) is 69.5 Å². The van der Waals surface area contributed by atoms with Crippen LogP contribution in [0.3, 0.4) is 0 Å². The molecule has 1 atom stereocenters. The van der Waals surface area contributed by atoms with Crippen LogP contribution in [0.25, 0.3) is 0 Å². The van der Waals surface area contributed by atoms with E-state index in [-0.39, 0.29) is 10.9 Å². The summed E-state index contributed by atoms with van der Waals surface area (Å²) in [7, 11) is -2.12. The van der Waals surface area contributed by atoms with Crippen LogP contribution in [-0.4, -0.2) is 21.1 Å². The van der Waals surface area contributed by atoms with Gasteiger partial charge in [0, 0.05) is 12.0 Å². The van der Waals surface area contributed by atoms with Crippen molar-refractivity contribution in [3.8, 4) is 11.5 Å². The van der Waals surface area contributed by atoms with Crippen molar-refractivity contribution in [1.82, 2.24) is 4.72 Å². The van der Waals surface area contributed by atoms with Crippen LogP contribution < -0.4 is 14.2 Å². The van der Waals surface area contributed by atoms with E-state index >= 15 is 0 Å². The number of methoxy groups -OCH3 is 1. The predicted molar refractivity (Wildman–Crippen MR) is 106 cm³/mol. The summed E-state index contributed by atoms with van der Waals surface area (Å²) < 4.78 is 40.6. The minimum atomic E-state index is -3.70. The van der Waals surface area contributed by atoms with E-state index in [1.165, 1.54) is 0 Å². The molecule has 2 aromatic carbocycles. The fourth-order valence-corrected chi connectivity index (χ4v) is 5.11. The van der Waals surface area contributed by atoms with Crippen LogP contribution in [0.5, 0.6) is 11.5 Å². The topological polar surface area (TPSA) is 64.6 Å². The van der Waals surface area contributed by atoms with Gasteiger partial charge in [-0.1, -0.05) is 12.1 Å². The van der Waals surface area contributed by atoms with E-state index in [9.17, 15) is 8.42 Å². The number of rotatable bonds is 4. The summed E-state index contributed by atoms with van der Waals surface area (Å²) in [6.45, 7) is 9.61. The molecule has 6 heteroatoms. The molecule has 27 heavy (non-hydrogen) atoms. The zero-order valence-corrected chi connectivity index (χ0v) is 17.5. The summed E-state index contributed by atoms with van der Waals surface area (Å²) in [5, 5.41) is 0. The van der Waals surface area contributed by atoms with Crippen molar-refractivity contribution >= 4 is 10.0 Å². The van der Waals surface area contributed by atoms with Crippen molar-refractivity contribution in [3.63, 3.8) is 0 Å². The molecule has 0 amide bonds. The van der Waals surface area contributed by atoms with Crippen LogP contribution in [0.15, 0.2) is 35.2 Å². The maximum Gasteiger partial charge on any atom is 0.241 e. The van der Waals surface area contributed by atoms with Crippen molar-refractivity contribution in [1.29, 1.82) is 0 Å². The van der Waals surface area contributed by atoms with Crippen LogP contribution in [0.2, 0.25) is 0 Å². The molecule has 0 unspecified atom stereocenters. The first-order valence-corrected chi connectivity index (χ1v) is 10.5. The molecular weight excluding hydrogens is 362 g/mol. The molecule has 0 radical (unpaired) electrons. The summed E-state index contributed by atoms with van der Waals surface area (Å²) in [6, 6.07) is 8.83. The fourth-order valence-electron chi connectivity index (χ4n) is 3.60. The number of ether oxygens (including phenoxy) is 2. The number of hydrogen-bond acceptors (Lipinski definition) is 4. The van der Waals surface area contributed by atoms with E-state index in [2.05, 4.69) is 4.72 Å². The Morgan fingerprint density at radius 3 is 2.48 bits per heavy atom. The van der Waals surface area contributed by atoms with Crippen LogP contribution in [0, 0.1) is 20.8 Å². The van der Waals surface area contributed by atoms with Crippen LogP contribution in [0.4, 0.5) is 0 Å². The third kappa shape index (κ3) is 3.82. The summed E-state index contributed by atoms with van der Waals surface area (Å²) in [5.74, 6) is 1.42. The lowest BCUT2D eigenvalue weighted by atomic mass is 9.90. The minimum Gasteiger partial charge on any atom is -0.496 e. The maximum absolute atomic E-state index is 13.2. The molecule has 5 nitrogen and oxygen atoms in total. The first-order chi connectivity index (χ1) is 12.5. The molecule has 0 aromatic heterocycles. The molecule has 1 N–H and O–H groups in total. The number of fused-ring (bicyclic) bond motifs is 1. The molecule has 0 saturated carbocycles. The second-order valence-electron chi connectivity index (χ2n) is 7.80. The lowest BCUT2D eigenvalue weighted by Gasteiger charge is -2.38. The van der Waals surface area contributed by atoms with Crippen molar-refractivity contribution < 1.29 is 17.9 Å². The summed E-state index contributed by atoms with van der Waals surface area (Å²) >= 11 is 0. The van der Waals surface area contributed by atoms with Crippen LogP contribution >= 0.6 is 0 Å². The number of aryl methyl sites for hydroxylation is 1. The number of hydrogen-bond donors (Lipinski definition) is 1. The van der Waals surface area contributed by atoms with Gasteiger partial charge in [0.25, 0.3) is 0 Å². The first-order valence-electron chi connectivity index (χ1n) is 9.00. The molecule has 0 fully saturated rings. The van der Waals surface area contributed by atoms with Crippen molar-refractivity contribution in [2.45, 2.75) is 57.6 Å². The molecular formula is C21H27NO4S. The molecule has 0 bridgehead atoms. The zero-order valence-electron chi connectivity index (χ0n) is 16.7. The van der Waals surface area contributed by atoms with E-state index in [4.69, 9.17) is 9.47 Å². The SMILES string of the molecule is COc1ccc(S(=O)(=O)N[C@H]2CC(C)(C)Oc3cc(C)ccc32)c(C)c1C. The normalized spacial score (nSPS) is 18.5. The van der Waals surface area contributed by atoms with Gasteiger partial charge in [0.05, 0.1) is 18.0 Å². The van der Waals surface area contributed by atoms with Gasteiger partial charge in [-0.15, -0.1) is 0 Å². The number of sulfonamides is 1. The highest BCUT2D eigenvalue weighted by Gasteiger charge is 2.36. The first kappa shape index (κ1) is 19.7. The van der Waals surface area contributed by atoms with Crippen LogP contribution in [0.1, 0.15) is 48.6 Å². The van der Waals surface area contributed by atoms with Gasteiger partial charge in [0.1, 0.15) is 17.1 Å². The molecule has 1 aliphatic heterocycles. The van der Waals surface area contributed by atoms with Gasteiger partial charge < -0.3 is 9.47 Å². The Kier molecular flexibility index (Phi) is 4.99. The Morgan fingerprint density at radius 1 is 1.11 bits per heavy atom. The summed E-state index contributed by atoms with van der Waals surface area (Å²) in [5.41, 5.74) is 3.00. The standard InChI is InChI=1S/C21H27NO4S/c1-13-7-8-16-17(12-21(4,5)26-19(16)11-13)22-27(23,24)20-10-9-18(25-6)14(2)15(20)3/h7-11,17,22H,12H2,1-6H3/t17-/m0/s1. The Balaban J connectivity index is 2.01. The van der Waals surface area contributed by atoms with Gasteiger partial charge in [0.2, 0.25) is 10.0 Å². The van der Waals surface area contributed by atoms with Gasteiger partial charge in [-0.2, -0.15) is 0 Å². The Bertz CT molecular complexity index is 980. The molecule has 0 saturated heterocycles. The summed E-state index contributed by atoms with van der Waals surface area (Å²) in [6.07, 6.45) is 0.552. The van der Waals surface area contributed by atoms with E-state index in [0.29, 0.717) is 17.7 Å². The maximum atomic E-state index is 13.2.